The normalized spacial score (nSPS) is 29.9. The number of Topliss-reactive ketones (excluding diaryl/α,β-unsaturated/α-hetero) is 1. The number of benzene rings is 2. The van der Waals surface area contributed by atoms with E-state index >= 15 is 0 Å². The predicted molar refractivity (Wildman–Crippen MR) is 202 cm³/mol. The first-order valence-corrected chi connectivity index (χ1v) is 20.7. The Morgan fingerprint density at radius 1 is 0.840 bits per heavy atom. The van der Waals surface area contributed by atoms with Crippen molar-refractivity contribution >= 4 is 30.4 Å². The molecule has 7 nitrogen and oxygen atoms in total. The van der Waals surface area contributed by atoms with Crippen LogP contribution >= 0.6 is 0 Å². The number of hydrogen-bond acceptors (Lipinski definition) is 7. The van der Waals surface area contributed by atoms with E-state index in [1.165, 1.54) is 10.4 Å². The number of carbonyl (C=O) groups excluding carboxylic acids is 2. The van der Waals surface area contributed by atoms with Gasteiger partial charge in [0.1, 0.15) is 18.7 Å². The van der Waals surface area contributed by atoms with Gasteiger partial charge in [0, 0.05) is 26.4 Å². The Balaban J connectivity index is 1.81. The van der Waals surface area contributed by atoms with Gasteiger partial charge in [0.2, 0.25) is 0 Å². The van der Waals surface area contributed by atoms with Crippen molar-refractivity contribution in [1.82, 2.24) is 0 Å². The van der Waals surface area contributed by atoms with Crippen molar-refractivity contribution in [1.29, 1.82) is 0 Å². The van der Waals surface area contributed by atoms with Crippen molar-refractivity contribution in [2.24, 2.45) is 17.8 Å². The van der Waals surface area contributed by atoms with E-state index in [1.54, 1.807) is 7.11 Å². The van der Waals surface area contributed by atoms with Crippen LogP contribution in [0.2, 0.25) is 5.04 Å². The number of cyclic esters (lactones) is 1. The highest BCUT2D eigenvalue weighted by atomic mass is 28.4. The molecule has 0 aliphatic carbocycles. The second-order valence-corrected chi connectivity index (χ2v) is 20.0. The van der Waals surface area contributed by atoms with Gasteiger partial charge < -0.3 is 23.4 Å². The fraction of sp³-hybridized carbons (Fsp3) is 0.619. The van der Waals surface area contributed by atoms with Gasteiger partial charge in [-0.1, -0.05) is 128 Å². The maximum absolute atomic E-state index is 13.8. The summed E-state index contributed by atoms with van der Waals surface area (Å²) >= 11 is 0. The summed E-state index contributed by atoms with van der Waals surface area (Å²) in [6, 6.07) is 21.3. The first-order chi connectivity index (χ1) is 23.9. The number of hydrogen-bond donors (Lipinski definition) is 0. The number of allylic oxidation sites excluding steroid dienone is 1. The van der Waals surface area contributed by atoms with Crippen molar-refractivity contribution in [3.63, 3.8) is 0 Å². The first-order valence-electron chi connectivity index (χ1n) is 18.8. The average Bonchev–Trinajstić information content (AvgIpc) is 3.43. The molecule has 0 N–H and O–H groups in total. The highest BCUT2D eigenvalue weighted by Crippen LogP contribution is 2.41. The zero-order valence-corrected chi connectivity index (χ0v) is 32.8. The third-order valence-corrected chi connectivity index (χ3v) is 15.6. The molecular formula is C42H62O7Si. The highest BCUT2D eigenvalue weighted by Gasteiger charge is 2.53. The number of esters is 1. The Bertz CT molecular complexity index is 1320. The summed E-state index contributed by atoms with van der Waals surface area (Å²) in [4.78, 5) is 26.9. The van der Waals surface area contributed by atoms with E-state index in [-0.39, 0.29) is 60.5 Å². The fourth-order valence-corrected chi connectivity index (χ4v) is 12.6. The fourth-order valence-electron chi connectivity index (χ4n) is 7.90. The summed E-state index contributed by atoms with van der Waals surface area (Å²) in [6.45, 7) is 15.2. The summed E-state index contributed by atoms with van der Waals surface area (Å²) in [5.74, 6) is -0.317. The molecule has 2 aliphatic heterocycles. The van der Waals surface area contributed by atoms with E-state index in [4.69, 9.17) is 23.4 Å². The van der Waals surface area contributed by atoms with E-state index in [2.05, 4.69) is 114 Å². The Hall–Kier alpha value is -2.62. The number of ether oxygens (including phenoxy) is 4. The highest BCUT2D eigenvalue weighted by molar-refractivity contribution is 6.99. The van der Waals surface area contributed by atoms with Crippen molar-refractivity contribution in [2.75, 3.05) is 13.9 Å². The van der Waals surface area contributed by atoms with E-state index in [0.29, 0.717) is 25.2 Å². The van der Waals surface area contributed by atoms with Gasteiger partial charge in [0.25, 0.3) is 8.32 Å². The van der Waals surface area contributed by atoms with Crippen LogP contribution in [0.15, 0.2) is 72.8 Å². The lowest BCUT2D eigenvalue weighted by atomic mass is 9.89. The van der Waals surface area contributed by atoms with Crippen LogP contribution in [0.4, 0.5) is 0 Å². The minimum Gasteiger partial charge on any atom is -0.462 e. The zero-order valence-electron chi connectivity index (χ0n) is 31.8. The molecule has 2 aromatic rings. The molecule has 0 spiro atoms. The summed E-state index contributed by atoms with van der Waals surface area (Å²) in [5, 5.41) is 2.13. The van der Waals surface area contributed by atoms with Crippen LogP contribution in [0.5, 0.6) is 0 Å². The molecule has 0 amide bonds. The van der Waals surface area contributed by atoms with Crippen molar-refractivity contribution in [3.05, 3.63) is 72.8 Å². The molecule has 0 radical (unpaired) electrons. The molecule has 276 valence electrons. The molecule has 0 aromatic heterocycles. The second-order valence-electron chi connectivity index (χ2n) is 15.7. The van der Waals surface area contributed by atoms with Gasteiger partial charge in [-0.3, -0.25) is 9.59 Å². The summed E-state index contributed by atoms with van der Waals surface area (Å²) in [7, 11) is -1.39. The average molecular weight is 707 g/mol. The summed E-state index contributed by atoms with van der Waals surface area (Å²) in [5.41, 5.74) is 0. The lowest BCUT2D eigenvalue weighted by Crippen LogP contribution is -2.69. The molecule has 0 saturated carbocycles. The monoisotopic (exact) mass is 706 g/mol. The van der Waals surface area contributed by atoms with Gasteiger partial charge in [0.15, 0.2) is 0 Å². The van der Waals surface area contributed by atoms with Crippen LogP contribution in [0.3, 0.4) is 0 Å². The van der Waals surface area contributed by atoms with E-state index in [9.17, 15) is 9.59 Å². The van der Waals surface area contributed by atoms with Crippen LogP contribution in [0, 0.1) is 17.8 Å². The van der Waals surface area contributed by atoms with E-state index in [1.807, 2.05) is 6.92 Å². The van der Waals surface area contributed by atoms with Crippen LogP contribution in [0.25, 0.3) is 0 Å². The SMILES string of the molecule is CCC[C@H]1CC(=O)C[C@@H](C)[C@H](OCOC)[C@@H](O[Si](c2ccccc2)(c2ccccc2)C(C)(C)C)C[C@H]2C[C@H](C)[C@H](C/C=C/C[C@@H](C)C(=O)O1)O2. The van der Waals surface area contributed by atoms with Crippen molar-refractivity contribution < 1.29 is 33.0 Å². The number of carbonyl (C=O) groups is 2. The first kappa shape index (κ1) is 40.2. The van der Waals surface area contributed by atoms with E-state index in [0.717, 1.165) is 19.3 Å². The maximum Gasteiger partial charge on any atom is 0.309 e. The molecule has 2 heterocycles. The predicted octanol–water partition coefficient (Wildman–Crippen LogP) is 7.79. The molecule has 8 heteroatoms. The van der Waals surface area contributed by atoms with Crippen LogP contribution in [-0.4, -0.2) is 64.5 Å². The maximum atomic E-state index is 13.8. The quantitative estimate of drug-likeness (QED) is 0.114. The Morgan fingerprint density at radius 2 is 1.46 bits per heavy atom. The topological polar surface area (TPSA) is 80.3 Å². The van der Waals surface area contributed by atoms with Crippen LogP contribution < -0.4 is 10.4 Å². The zero-order chi connectivity index (χ0) is 36.3. The molecule has 0 unspecified atom stereocenters. The van der Waals surface area contributed by atoms with Crippen molar-refractivity contribution in [3.8, 4) is 0 Å². The largest absolute Gasteiger partial charge is 0.462 e. The molecule has 1 saturated heterocycles. The molecule has 2 bridgehead atoms. The Labute approximate surface area is 302 Å². The molecule has 1 fully saturated rings. The van der Waals surface area contributed by atoms with Gasteiger partial charge >= 0.3 is 5.97 Å². The van der Waals surface area contributed by atoms with E-state index < -0.39 is 26.6 Å². The summed E-state index contributed by atoms with van der Waals surface area (Å²) < 4.78 is 32.7. The standard InChI is InChI=1S/C42H62O7Si/c1-9-18-34-27-33(43)25-32(4)40(46-29-45-8)39(28-35-26-31(3)38(47-35)24-17-16-19-30(2)41(44)48-34)49-50(42(5,6)7,36-20-12-10-13-21-36)37-22-14-11-15-23-37/h10-17,20-23,30-32,34-35,38-40H,9,18-19,24-29H2,1-8H3/b17-16+/t30-,31+,32-,34+,35-,38+,39+,40+/m1/s1. The third-order valence-electron chi connectivity index (χ3n) is 10.5. The van der Waals surface area contributed by atoms with Gasteiger partial charge in [-0.05, 0) is 52.9 Å². The number of rotatable bonds is 9. The summed E-state index contributed by atoms with van der Waals surface area (Å²) in [6.07, 6.45) is 7.82. The lowest BCUT2D eigenvalue weighted by Gasteiger charge is -2.47. The van der Waals surface area contributed by atoms with Gasteiger partial charge in [-0.2, -0.15) is 0 Å². The molecule has 2 aromatic carbocycles. The molecule has 2 aliphatic rings. The smallest absolute Gasteiger partial charge is 0.309 e. The van der Waals surface area contributed by atoms with Crippen LogP contribution in [-0.2, 0) is 33.0 Å². The number of ketones is 1. The third kappa shape index (κ3) is 10.2. The number of methoxy groups -OCH3 is 1. The Morgan fingerprint density at radius 3 is 2.04 bits per heavy atom. The van der Waals surface area contributed by atoms with Gasteiger partial charge in [-0.25, -0.2) is 0 Å². The molecular weight excluding hydrogens is 645 g/mol. The lowest BCUT2D eigenvalue weighted by molar-refractivity contribution is -0.155. The molecule has 50 heavy (non-hydrogen) atoms. The number of fused-ring (bicyclic) bond motifs is 2. The minimum atomic E-state index is -3.01. The van der Waals surface area contributed by atoms with Gasteiger partial charge in [-0.15, -0.1) is 0 Å². The van der Waals surface area contributed by atoms with Crippen LogP contribution in [0.1, 0.15) is 99.8 Å². The molecule has 8 atom stereocenters. The Kier molecular flexibility index (Phi) is 15.1. The van der Waals surface area contributed by atoms with Crippen molar-refractivity contribution in [2.45, 2.75) is 135 Å². The second kappa shape index (κ2) is 18.7. The molecule has 4 rings (SSSR count). The minimum absolute atomic E-state index is 0.0371. The van der Waals surface area contributed by atoms with Gasteiger partial charge in [0.05, 0.1) is 30.3 Å².